The Labute approximate surface area is 125 Å². The van der Waals surface area contributed by atoms with Crippen molar-refractivity contribution in [3.8, 4) is 5.75 Å². The standard InChI is InChI=1S/C13H14ClFN2O2S/c1-18-5-6-19-12-10(15)3-2-4-11(12)16-7-9-8-17-13(14)20-9/h2-4,8,16H,5-7H2,1H3. The van der Waals surface area contributed by atoms with E-state index in [1.165, 1.54) is 17.4 Å². The molecule has 0 bridgehead atoms. The fourth-order valence-electron chi connectivity index (χ4n) is 1.57. The zero-order chi connectivity index (χ0) is 14.4. The van der Waals surface area contributed by atoms with E-state index in [2.05, 4.69) is 10.3 Å². The van der Waals surface area contributed by atoms with Crippen molar-refractivity contribution in [3.05, 3.63) is 39.6 Å². The second-order valence-corrected chi connectivity index (χ2v) is 5.59. The van der Waals surface area contributed by atoms with Crippen LogP contribution in [0.3, 0.4) is 0 Å². The number of para-hydroxylation sites is 1. The van der Waals surface area contributed by atoms with E-state index in [0.717, 1.165) is 4.88 Å². The third-order valence-corrected chi connectivity index (χ3v) is 3.59. The monoisotopic (exact) mass is 316 g/mol. The SMILES string of the molecule is COCCOc1c(F)cccc1NCc1cnc(Cl)s1. The molecule has 0 saturated carbocycles. The van der Waals surface area contributed by atoms with Crippen molar-refractivity contribution in [1.82, 2.24) is 4.98 Å². The number of aromatic nitrogens is 1. The minimum absolute atomic E-state index is 0.195. The summed E-state index contributed by atoms with van der Waals surface area (Å²) < 4.78 is 24.5. The number of methoxy groups -OCH3 is 1. The quantitative estimate of drug-likeness (QED) is 0.793. The van der Waals surface area contributed by atoms with Crippen LogP contribution < -0.4 is 10.1 Å². The van der Waals surface area contributed by atoms with Crippen molar-refractivity contribution >= 4 is 28.6 Å². The van der Waals surface area contributed by atoms with Crippen LogP contribution in [0.15, 0.2) is 24.4 Å². The van der Waals surface area contributed by atoms with Gasteiger partial charge in [-0.25, -0.2) is 9.37 Å². The molecule has 0 atom stereocenters. The molecule has 0 spiro atoms. The smallest absolute Gasteiger partial charge is 0.183 e. The Morgan fingerprint density at radius 3 is 2.95 bits per heavy atom. The third-order valence-electron chi connectivity index (χ3n) is 2.48. The van der Waals surface area contributed by atoms with E-state index in [0.29, 0.717) is 29.9 Å². The maximum Gasteiger partial charge on any atom is 0.183 e. The Bertz CT molecular complexity index is 565. The van der Waals surface area contributed by atoms with Gasteiger partial charge in [-0.15, -0.1) is 11.3 Å². The highest BCUT2D eigenvalue weighted by molar-refractivity contribution is 7.15. The van der Waals surface area contributed by atoms with Crippen LogP contribution in [0.1, 0.15) is 4.88 Å². The number of rotatable bonds is 7. The molecule has 7 heteroatoms. The highest BCUT2D eigenvalue weighted by Gasteiger charge is 2.10. The van der Waals surface area contributed by atoms with E-state index in [1.807, 2.05) is 0 Å². The first-order valence-electron chi connectivity index (χ1n) is 5.95. The van der Waals surface area contributed by atoms with Gasteiger partial charge < -0.3 is 14.8 Å². The zero-order valence-corrected chi connectivity index (χ0v) is 12.4. The minimum atomic E-state index is -0.409. The summed E-state index contributed by atoms with van der Waals surface area (Å²) in [5, 5.41) is 3.12. The predicted octanol–water partition coefficient (Wildman–Crippen LogP) is 3.57. The van der Waals surface area contributed by atoms with Gasteiger partial charge >= 0.3 is 0 Å². The van der Waals surface area contributed by atoms with Crippen LogP contribution in [0.5, 0.6) is 5.75 Å². The number of halogens is 2. The molecule has 4 nitrogen and oxygen atoms in total. The Morgan fingerprint density at radius 2 is 2.25 bits per heavy atom. The lowest BCUT2D eigenvalue weighted by atomic mass is 10.2. The summed E-state index contributed by atoms with van der Waals surface area (Å²) in [7, 11) is 1.57. The van der Waals surface area contributed by atoms with E-state index < -0.39 is 5.82 Å². The molecule has 108 valence electrons. The van der Waals surface area contributed by atoms with Gasteiger partial charge in [-0.2, -0.15) is 0 Å². The van der Waals surface area contributed by atoms with Crippen LogP contribution in [0.25, 0.3) is 0 Å². The van der Waals surface area contributed by atoms with Gasteiger partial charge in [0, 0.05) is 18.2 Å². The molecule has 20 heavy (non-hydrogen) atoms. The molecule has 0 fully saturated rings. The van der Waals surface area contributed by atoms with Gasteiger partial charge in [0.2, 0.25) is 0 Å². The van der Waals surface area contributed by atoms with Crippen molar-refractivity contribution in [3.63, 3.8) is 0 Å². The average Bonchev–Trinajstić information content (AvgIpc) is 2.85. The third kappa shape index (κ3) is 4.06. The summed E-state index contributed by atoms with van der Waals surface area (Å²) in [6.45, 7) is 1.20. The van der Waals surface area contributed by atoms with E-state index in [1.54, 1.807) is 25.4 Å². The topological polar surface area (TPSA) is 43.4 Å². The number of hydrogen-bond donors (Lipinski definition) is 1. The van der Waals surface area contributed by atoms with Crippen molar-refractivity contribution < 1.29 is 13.9 Å². The number of benzene rings is 1. The van der Waals surface area contributed by atoms with Crippen LogP contribution in [0.4, 0.5) is 10.1 Å². The normalized spacial score (nSPS) is 10.6. The number of ether oxygens (including phenoxy) is 2. The van der Waals surface area contributed by atoms with Gasteiger partial charge in [0.25, 0.3) is 0 Å². The summed E-state index contributed by atoms with van der Waals surface area (Å²) in [6.07, 6.45) is 1.69. The molecule has 0 saturated heterocycles. The van der Waals surface area contributed by atoms with Crippen LogP contribution in [-0.4, -0.2) is 25.3 Å². The zero-order valence-electron chi connectivity index (χ0n) is 10.9. The van der Waals surface area contributed by atoms with Gasteiger partial charge in [0.1, 0.15) is 6.61 Å². The van der Waals surface area contributed by atoms with Crippen LogP contribution in [0.2, 0.25) is 4.47 Å². The van der Waals surface area contributed by atoms with Crippen LogP contribution in [-0.2, 0) is 11.3 Å². The van der Waals surface area contributed by atoms with E-state index in [-0.39, 0.29) is 5.75 Å². The van der Waals surface area contributed by atoms with E-state index >= 15 is 0 Å². The van der Waals surface area contributed by atoms with Gasteiger partial charge in [0.05, 0.1) is 18.8 Å². The molecule has 1 N–H and O–H groups in total. The molecule has 2 aromatic rings. The molecule has 0 aliphatic rings. The van der Waals surface area contributed by atoms with Crippen molar-refractivity contribution in [2.45, 2.75) is 6.54 Å². The number of nitrogens with zero attached hydrogens (tertiary/aromatic N) is 1. The van der Waals surface area contributed by atoms with Gasteiger partial charge in [0.15, 0.2) is 16.0 Å². The predicted molar refractivity (Wildman–Crippen MR) is 78.2 cm³/mol. The number of anilines is 1. The number of nitrogens with one attached hydrogen (secondary N) is 1. The summed E-state index contributed by atoms with van der Waals surface area (Å²) in [4.78, 5) is 4.91. The molecule has 2 rings (SSSR count). The maximum atomic E-state index is 13.8. The fraction of sp³-hybridized carbons (Fsp3) is 0.308. The molecule has 0 amide bonds. The largest absolute Gasteiger partial charge is 0.486 e. The van der Waals surface area contributed by atoms with Crippen molar-refractivity contribution in [2.24, 2.45) is 0 Å². The molecule has 0 aliphatic carbocycles. The first-order valence-corrected chi connectivity index (χ1v) is 7.14. The lowest BCUT2D eigenvalue weighted by Gasteiger charge is -2.13. The van der Waals surface area contributed by atoms with Crippen LogP contribution in [0, 0.1) is 5.82 Å². The summed E-state index contributed by atoms with van der Waals surface area (Å²) in [5.74, 6) is -0.214. The van der Waals surface area contributed by atoms with Gasteiger partial charge in [-0.3, -0.25) is 0 Å². The Balaban J connectivity index is 2.04. The minimum Gasteiger partial charge on any atom is -0.486 e. The van der Waals surface area contributed by atoms with E-state index in [4.69, 9.17) is 21.1 Å². The molecule has 0 radical (unpaired) electrons. The van der Waals surface area contributed by atoms with E-state index in [9.17, 15) is 4.39 Å². The molecule has 1 heterocycles. The molecule has 0 aliphatic heterocycles. The lowest BCUT2D eigenvalue weighted by Crippen LogP contribution is -2.08. The van der Waals surface area contributed by atoms with Crippen molar-refractivity contribution in [1.29, 1.82) is 0 Å². The summed E-state index contributed by atoms with van der Waals surface area (Å²) in [6, 6.07) is 4.74. The number of hydrogen-bond acceptors (Lipinski definition) is 5. The first-order chi connectivity index (χ1) is 9.70. The fourth-order valence-corrected chi connectivity index (χ4v) is 2.49. The second kappa shape index (κ2) is 7.42. The maximum absolute atomic E-state index is 13.8. The highest BCUT2D eigenvalue weighted by Crippen LogP contribution is 2.29. The molecular weight excluding hydrogens is 303 g/mol. The van der Waals surface area contributed by atoms with Gasteiger partial charge in [-0.1, -0.05) is 17.7 Å². The van der Waals surface area contributed by atoms with Crippen LogP contribution >= 0.6 is 22.9 Å². The highest BCUT2D eigenvalue weighted by atomic mass is 35.5. The average molecular weight is 317 g/mol. The number of thiazole rings is 1. The second-order valence-electron chi connectivity index (χ2n) is 3.89. The van der Waals surface area contributed by atoms with Gasteiger partial charge in [-0.05, 0) is 12.1 Å². The Hall–Kier alpha value is -1.37. The summed E-state index contributed by atoms with van der Waals surface area (Å²) in [5.41, 5.74) is 0.589. The Kier molecular flexibility index (Phi) is 5.58. The molecular formula is C13H14ClFN2O2S. The lowest BCUT2D eigenvalue weighted by molar-refractivity contribution is 0.144. The molecule has 1 aromatic carbocycles. The Morgan fingerprint density at radius 1 is 1.40 bits per heavy atom. The summed E-state index contributed by atoms with van der Waals surface area (Å²) >= 11 is 7.14. The molecule has 1 aromatic heterocycles. The molecule has 0 unspecified atom stereocenters. The first kappa shape index (κ1) is 15.0. The van der Waals surface area contributed by atoms with Crippen molar-refractivity contribution in [2.75, 3.05) is 25.6 Å².